The second-order valence-electron chi connectivity index (χ2n) is 7.71. The topological polar surface area (TPSA) is 40.6 Å². The molecule has 0 spiro atoms. The fraction of sp³-hybridized carbons (Fsp3) is 0.500. The van der Waals surface area contributed by atoms with Crippen molar-refractivity contribution in [3.63, 3.8) is 0 Å². The van der Waals surface area contributed by atoms with Crippen LogP contribution in [0.25, 0.3) is 5.57 Å². The van der Waals surface area contributed by atoms with Crippen molar-refractivity contribution in [1.29, 1.82) is 0 Å². The third kappa shape index (κ3) is 5.58. The molecule has 0 bridgehead atoms. The molecule has 158 valence electrons. The van der Waals surface area contributed by atoms with Crippen LogP contribution >= 0.6 is 24.8 Å². The Morgan fingerprint density at radius 1 is 1.17 bits per heavy atom. The first-order valence-electron chi connectivity index (χ1n) is 10.3. The first kappa shape index (κ1) is 22.7. The van der Waals surface area contributed by atoms with E-state index in [0.717, 1.165) is 42.1 Å². The van der Waals surface area contributed by atoms with Crippen molar-refractivity contribution in [1.82, 2.24) is 9.21 Å². The van der Waals surface area contributed by atoms with Gasteiger partial charge in [0.1, 0.15) is 0 Å². The van der Waals surface area contributed by atoms with Gasteiger partial charge in [-0.25, -0.2) is 8.42 Å². The van der Waals surface area contributed by atoms with E-state index in [0.29, 0.717) is 17.2 Å². The number of likely N-dealkylation sites (tertiary alicyclic amines) is 1. The molecule has 1 aromatic carbocycles. The highest BCUT2D eigenvalue weighted by atomic mass is 32.2. The molecule has 0 amide bonds. The maximum atomic E-state index is 13.4. The number of thiol groups is 1. The van der Waals surface area contributed by atoms with Gasteiger partial charge in [0.2, 0.25) is 10.0 Å². The highest BCUT2D eigenvalue weighted by Gasteiger charge is 2.29. The van der Waals surface area contributed by atoms with E-state index in [-0.39, 0.29) is 6.04 Å². The van der Waals surface area contributed by atoms with Gasteiger partial charge in [0.15, 0.2) is 0 Å². The summed E-state index contributed by atoms with van der Waals surface area (Å²) in [6.45, 7) is 5.30. The van der Waals surface area contributed by atoms with Crippen LogP contribution in [0, 0.1) is 0 Å². The first-order chi connectivity index (χ1) is 13.9. The number of rotatable bonds is 8. The molecule has 0 unspecified atom stereocenters. The number of sulfonamides is 1. The smallest absolute Gasteiger partial charge is 0.243 e. The van der Waals surface area contributed by atoms with Crippen LogP contribution in [0.5, 0.6) is 0 Å². The van der Waals surface area contributed by atoms with E-state index < -0.39 is 10.0 Å². The number of hydrogen-bond acceptors (Lipinski definition) is 5. The molecular formula is C22H30N2O2S3. The van der Waals surface area contributed by atoms with Crippen LogP contribution in [-0.2, 0) is 10.0 Å². The summed E-state index contributed by atoms with van der Waals surface area (Å²) >= 11 is 9.81. The minimum absolute atomic E-state index is 0.161. The van der Waals surface area contributed by atoms with Gasteiger partial charge in [0.25, 0.3) is 0 Å². The quantitative estimate of drug-likeness (QED) is 0.476. The normalized spacial score (nSPS) is 19.4. The minimum Gasteiger partial charge on any atom is -0.302 e. The molecule has 4 nitrogen and oxygen atoms in total. The molecule has 1 aliphatic heterocycles. The molecule has 1 fully saturated rings. The number of allylic oxidation sites excluding steroid dienone is 4. The predicted molar refractivity (Wildman–Crippen MR) is 128 cm³/mol. The van der Waals surface area contributed by atoms with Gasteiger partial charge >= 0.3 is 0 Å². The van der Waals surface area contributed by atoms with E-state index in [1.165, 1.54) is 19.3 Å². The molecule has 0 N–H and O–H groups in total. The van der Waals surface area contributed by atoms with Crippen molar-refractivity contribution in [2.75, 3.05) is 31.9 Å². The van der Waals surface area contributed by atoms with E-state index in [2.05, 4.69) is 17.5 Å². The van der Waals surface area contributed by atoms with Gasteiger partial charge in [-0.05, 0) is 56.1 Å². The summed E-state index contributed by atoms with van der Waals surface area (Å²) in [6.07, 6.45) is 10.4. The molecule has 1 aromatic rings. The van der Waals surface area contributed by atoms with E-state index in [9.17, 15) is 8.42 Å². The molecule has 1 aliphatic carbocycles. The molecule has 0 saturated carbocycles. The largest absolute Gasteiger partial charge is 0.302 e. The second-order valence-corrected chi connectivity index (χ2v) is 10.5. The molecular weight excluding hydrogens is 420 g/mol. The van der Waals surface area contributed by atoms with Gasteiger partial charge in [-0.1, -0.05) is 49.0 Å². The highest BCUT2D eigenvalue weighted by Crippen LogP contribution is 2.25. The summed E-state index contributed by atoms with van der Waals surface area (Å²) < 4.78 is 28.4. The summed E-state index contributed by atoms with van der Waals surface area (Å²) in [5.41, 5.74) is 1.96. The average molecular weight is 451 g/mol. The maximum absolute atomic E-state index is 13.4. The molecule has 1 atom stereocenters. The zero-order valence-electron chi connectivity index (χ0n) is 17.0. The number of nitrogens with zero attached hydrogens (tertiary/aromatic N) is 2. The third-order valence-electron chi connectivity index (χ3n) is 5.62. The Labute approximate surface area is 186 Å². The lowest BCUT2D eigenvalue weighted by molar-refractivity contribution is 0.205. The fourth-order valence-electron chi connectivity index (χ4n) is 3.83. The number of piperidine rings is 1. The maximum Gasteiger partial charge on any atom is 0.243 e. The lowest BCUT2D eigenvalue weighted by Crippen LogP contribution is -2.45. The Bertz CT molecular complexity index is 870. The molecule has 29 heavy (non-hydrogen) atoms. The molecule has 3 rings (SSSR count). The first-order valence-corrected chi connectivity index (χ1v) is 12.8. The number of benzene rings is 1. The van der Waals surface area contributed by atoms with Crippen molar-refractivity contribution in [3.05, 3.63) is 48.1 Å². The summed E-state index contributed by atoms with van der Waals surface area (Å²) in [5, 5.41) is 0. The van der Waals surface area contributed by atoms with Gasteiger partial charge in [0, 0.05) is 36.2 Å². The van der Waals surface area contributed by atoms with Gasteiger partial charge in [0.05, 0.1) is 4.90 Å². The number of hydrogen-bond donors (Lipinski definition) is 1. The summed E-state index contributed by atoms with van der Waals surface area (Å²) in [7, 11) is -3.58. The molecule has 1 heterocycles. The number of thiocarbonyl (C=S) groups is 1. The van der Waals surface area contributed by atoms with E-state index in [1.54, 1.807) is 16.4 Å². The van der Waals surface area contributed by atoms with Crippen molar-refractivity contribution < 1.29 is 8.42 Å². The van der Waals surface area contributed by atoms with Crippen molar-refractivity contribution >= 4 is 45.3 Å². The van der Waals surface area contributed by atoms with Crippen LogP contribution in [0.15, 0.2) is 47.4 Å². The van der Waals surface area contributed by atoms with Crippen molar-refractivity contribution in [2.24, 2.45) is 0 Å². The van der Waals surface area contributed by atoms with Gasteiger partial charge in [-0.2, -0.15) is 16.9 Å². The van der Waals surface area contributed by atoms with Crippen LogP contribution in [-0.4, -0.2) is 60.5 Å². The van der Waals surface area contributed by atoms with Crippen LogP contribution in [0.2, 0.25) is 0 Å². The lowest BCUT2D eigenvalue weighted by atomic mass is 9.97. The van der Waals surface area contributed by atoms with Gasteiger partial charge in [-0.3, -0.25) is 0 Å². The third-order valence-corrected chi connectivity index (χ3v) is 8.56. The average Bonchev–Trinajstić information content (AvgIpc) is 2.74. The Kier molecular flexibility index (Phi) is 8.10. The second kappa shape index (κ2) is 10.4. The Balaban J connectivity index is 1.78. The fourth-order valence-corrected chi connectivity index (χ4v) is 6.04. The molecule has 0 aromatic heterocycles. The Hall–Kier alpha value is -0.990. The van der Waals surface area contributed by atoms with E-state index in [4.69, 9.17) is 12.2 Å². The van der Waals surface area contributed by atoms with Crippen molar-refractivity contribution in [3.8, 4) is 0 Å². The predicted octanol–water partition coefficient (Wildman–Crippen LogP) is 4.19. The highest BCUT2D eigenvalue weighted by molar-refractivity contribution is 7.89. The summed E-state index contributed by atoms with van der Waals surface area (Å²) in [6, 6.07) is 6.96. The van der Waals surface area contributed by atoms with Crippen LogP contribution < -0.4 is 0 Å². The monoisotopic (exact) mass is 450 g/mol. The molecule has 2 aliphatic rings. The summed E-state index contributed by atoms with van der Waals surface area (Å²) in [4.78, 5) is 3.58. The summed E-state index contributed by atoms with van der Waals surface area (Å²) in [5.74, 6) is 0.491. The molecule has 1 saturated heterocycles. The van der Waals surface area contributed by atoms with Crippen LogP contribution in [0.1, 0.15) is 38.2 Å². The lowest BCUT2D eigenvalue weighted by Gasteiger charge is -2.32. The van der Waals surface area contributed by atoms with Crippen LogP contribution in [0.4, 0.5) is 0 Å². The molecule has 0 radical (unpaired) electrons. The Morgan fingerprint density at radius 2 is 1.86 bits per heavy atom. The molecule has 7 heteroatoms. The zero-order chi connectivity index (χ0) is 20.9. The van der Waals surface area contributed by atoms with E-state index in [1.807, 2.05) is 37.3 Å². The van der Waals surface area contributed by atoms with Gasteiger partial charge < -0.3 is 4.90 Å². The Morgan fingerprint density at radius 3 is 2.48 bits per heavy atom. The van der Waals surface area contributed by atoms with Crippen LogP contribution in [0.3, 0.4) is 0 Å². The SMILES string of the molecule is C[C@H](CS)N(CCN1CCCCC1)S(=O)(=O)c1ccc(C2=CC=CCC2=S)cc1. The minimum atomic E-state index is -3.58. The standard InChI is InChI=1S/C22H30N2O2S3/c1-18(17-27)24(16-15-23-13-5-2-6-14-23)29(25,26)20-11-9-19(10-12-20)21-7-3-4-8-22(21)28/h3-4,7,9-12,18,27H,2,5-6,8,13-17H2,1H3/t18-/m1/s1. The van der Waals surface area contributed by atoms with Gasteiger partial charge in [-0.15, -0.1) is 0 Å². The van der Waals surface area contributed by atoms with Crippen molar-refractivity contribution in [2.45, 2.75) is 43.5 Å². The zero-order valence-corrected chi connectivity index (χ0v) is 19.5. The van der Waals surface area contributed by atoms with E-state index >= 15 is 0 Å².